The van der Waals surface area contributed by atoms with Gasteiger partial charge < -0.3 is 5.32 Å². The zero-order chi connectivity index (χ0) is 17.5. The lowest BCUT2D eigenvalue weighted by Gasteiger charge is -2.15. The number of hydrogen-bond acceptors (Lipinski definition) is 3. The molecule has 1 aromatic carbocycles. The number of nitrogens with zero attached hydrogens (tertiary/aromatic N) is 4. The first-order chi connectivity index (χ1) is 11.5. The summed E-state index contributed by atoms with van der Waals surface area (Å²) in [4.78, 5) is 0. The fourth-order valence-electron chi connectivity index (χ4n) is 2.08. The lowest BCUT2D eigenvalue weighted by Crippen LogP contribution is -2.34. The molecular formula is C17H22ClN5S. The molecule has 0 aliphatic heterocycles. The first-order valence-electron chi connectivity index (χ1n) is 7.90. The second-order valence-corrected chi connectivity index (χ2v) is 6.14. The van der Waals surface area contributed by atoms with Crippen molar-refractivity contribution in [1.82, 2.24) is 20.1 Å². The first kappa shape index (κ1) is 18.4. The molecule has 0 saturated heterocycles. The number of rotatable bonds is 6. The highest BCUT2D eigenvalue weighted by Crippen LogP contribution is 2.21. The van der Waals surface area contributed by atoms with E-state index in [0.29, 0.717) is 10.3 Å². The zero-order valence-electron chi connectivity index (χ0n) is 14.2. The van der Waals surface area contributed by atoms with E-state index in [0.717, 1.165) is 36.3 Å². The molecule has 0 spiro atoms. The maximum absolute atomic E-state index is 6.47. The number of thiocarbonyl (C=S) groups is 1. The molecule has 5 nitrogen and oxygen atoms in total. The van der Waals surface area contributed by atoms with E-state index in [2.05, 4.69) is 22.4 Å². The summed E-state index contributed by atoms with van der Waals surface area (Å²) in [5.74, 6) is 0. The lowest BCUT2D eigenvalue weighted by atomic mass is 10.3. The van der Waals surface area contributed by atoms with Gasteiger partial charge >= 0.3 is 0 Å². The minimum Gasteiger partial charge on any atom is -0.361 e. The van der Waals surface area contributed by atoms with Gasteiger partial charge in [0.05, 0.1) is 23.2 Å². The van der Waals surface area contributed by atoms with Crippen LogP contribution in [0.2, 0.25) is 5.15 Å². The maximum atomic E-state index is 6.47. The molecule has 0 radical (unpaired) electrons. The highest BCUT2D eigenvalue weighted by molar-refractivity contribution is 7.80. The van der Waals surface area contributed by atoms with Crippen LogP contribution in [0.4, 0.5) is 0 Å². The number of nitrogens with one attached hydrogen (secondary N) is 1. The third kappa shape index (κ3) is 4.55. The summed E-state index contributed by atoms with van der Waals surface area (Å²) in [6.45, 7) is 4.90. The van der Waals surface area contributed by atoms with Gasteiger partial charge in [-0.15, -0.1) is 0 Å². The van der Waals surface area contributed by atoms with Gasteiger partial charge in [-0.05, 0) is 37.7 Å². The van der Waals surface area contributed by atoms with Crippen LogP contribution in [0.25, 0.3) is 5.69 Å². The number of aryl methyl sites for hydroxylation is 1. The fourth-order valence-corrected chi connectivity index (χ4v) is 2.55. The Balaban J connectivity index is 2.12. The van der Waals surface area contributed by atoms with Crippen molar-refractivity contribution in [2.45, 2.75) is 26.7 Å². The average Bonchev–Trinajstić information content (AvgIpc) is 2.88. The number of unbranched alkanes of at least 4 members (excludes halogenated alkanes) is 1. The second kappa shape index (κ2) is 8.80. The zero-order valence-corrected chi connectivity index (χ0v) is 15.7. The molecule has 1 aromatic heterocycles. The Morgan fingerprint density at radius 2 is 2.12 bits per heavy atom. The number of benzene rings is 1. The third-order valence-corrected chi connectivity index (χ3v) is 4.28. The Morgan fingerprint density at radius 1 is 1.42 bits per heavy atom. The van der Waals surface area contributed by atoms with Gasteiger partial charge in [0.15, 0.2) is 5.11 Å². The normalized spacial score (nSPS) is 11.0. The summed E-state index contributed by atoms with van der Waals surface area (Å²) in [6.07, 6.45) is 3.89. The number of hydrazone groups is 1. The lowest BCUT2D eigenvalue weighted by molar-refractivity contribution is 0.530. The van der Waals surface area contributed by atoms with Crippen LogP contribution in [0.15, 0.2) is 35.4 Å². The third-order valence-electron chi connectivity index (χ3n) is 3.51. The Hall–Kier alpha value is -1.92. The number of aromatic nitrogens is 2. The monoisotopic (exact) mass is 363 g/mol. The maximum Gasteiger partial charge on any atom is 0.189 e. The summed E-state index contributed by atoms with van der Waals surface area (Å²) in [6, 6.07) is 9.77. The van der Waals surface area contributed by atoms with Crippen LogP contribution in [-0.4, -0.2) is 39.7 Å². The molecule has 2 rings (SSSR count). The minimum absolute atomic E-state index is 0.528. The van der Waals surface area contributed by atoms with Gasteiger partial charge in [-0.25, -0.2) is 9.69 Å². The SMILES string of the molecule is CCCCNC(=S)N(C)/N=C/c1c(C)nn(-c2ccccc2)c1Cl. The van der Waals surface area contributed by atoms with Gasteiger partial charge in [0.25, 0.3) is 0 Å². The van der Waals surface area contributed by atoms with Gasteiger partial charge in [-0.1, -0.05) is 43.1 Å². The molecular weight excluding hydrogens is 342 g/mol. The summed E-state index contributed by atoms with van der Waals surface area (Å²) in [7, 11) is 1.81. The molecule has 7 heteroatoms. The Kier molecular flexibility index (Phi) is 6.75. The van der Waals surface area contributed by atoms with Crippen LogP contribution in [0.3, 0.4) is 0 Å². The van der Waals surface area contributed by atoms with E-state index >= 15 is 0 Å². The van der Waals surface area contributed by atoms with Crippen molar-refractivity contribution in [2.75, 3.05) is 13.6 Å². The molecule has 0 unspecified atom stereocenters. The van der Waals surface area contributed by atoms with E-state index in [1.165, 1.54) is 0 Å². The van der Waals surface area contributed by atoms with Gasteiger partial charge in [0, 0.05) is 13.6 Å². The van der Waals surface area contributed by atoms with Crippen LogP contribution in [0.1, 0.15) is 31.0 Å². The molecule has 0 aliphatic rings. The van der Waals surface area contributed by atoms with Crippen LogP contribution < -0.4 is 5.32 Å². The average molecular weight is 364 g/mol. The molecule has 0 amide bonds. The van der Waals surface area contributed by atoms with Gasteiger partial charge in [-0.2, -0.15) is 10.2 Å². The highest BCUT2D eigenvalue weighted by Gasteiger charge is 2.13. The summed E-state index contributed by atoms with van der Waals surface area (Å²) < 4.78 is 1.70. The Labute approximate surface area is 153 Å². The number of para-hydroxylation sites is 1. The Bertz CT molecular complexity index is 711. The van der Waals surface area contributed by atoms with Crippen molar-refractivity contribution in [3.63, 3.8) is 0 Å². The van der Waals surface area contributed by atoms with Crippen molar-refractivity contribution >= 4 is 35.1 Å². The van der Waals surface area contributed by atoms with Crippen LogP contribution in [0.5, 0.6) is 0 Å². The molecule has 0 atom stereocenters. The molecule has 2 aromatic rings. The standard InChI is InChI=1S/C17H22ClN5S/c1-4-5-11-19-17(24)22(3)20-12-15-13(2)21-23(16(15)18)14-9-7-6-8-10-14/h6-10,12H,4-5,11H2,1-3H3,(H,19,24)/b20-12+. The van der Waals surface area contributed by atoms with Crippen LogP contribution in [-0.2, 0) is 0 Å². The van der Waals surface area contributed by atoms with Crippen molar-refractivity contribution in [1.29, 1.82) is 0 Å². The molecule has 128 valence electrons. The smallest absolute Gasteiger partial charge is 0.189 e. The van der Waals surface area contributed by atoms with Gasteiger partial charge in [0.1, 0.15) is 5.15 Å². The van der Waals surface area contributed by atoms with E-state index in [4.69, 9.17) is 23.8 Å². The number of halogens is 1. The molecule has 1 N–H and O–H groups in total. The van der Waals surface area contributed by atoms with Crippen molar-refractivity contribution in [3.05, 3.63) is 46.7 Å². The minimum atomic E-state index is 0.528. The molecule has 0 bridgehead atoms. The predicted molar refractivity (Wildman–Crippen MR) is 104 cm³/mol. The fraction of sp³-hybridized carbons (Fsp3) is 0.353. The second-order valence-electron chi connectivity index (χ2n) is 5.39. The number of hydrogen-bond donors (Lipinski definition) is 1. The van der Waals surface area contributed by atoms with Gasteiger partial charge in [-0.3, -0.25) is 0 Å². The molecule has 0 aliphatic carbocycles. The topological polar surface area (TPSA) is 45.4 Å². The quantitative estimate of drug-likeness (QED) is 0.367. The van der Waals surface area contributed by atoms with E-state index in [1.54, 1.807) is 15.9 Å². The van der Waals surface area contributed by atoms with Crippen LogP contribution >= 0.6 is 23.8 Å². The van der Waals surface area contributed by atoms with Crippen molar-refractivity contribution in [3.8, 4) is 5.69 Å². The van der Waals surface area contributed by atoms with Crippen molar-refractivity contribution in [2.24, 2.45) is 5.10 Å². The molecule has 0 fully saturated rings. The summed E-state index contributed by atoms with van der Waals surface area (Å²) in [5.41, 5.74) is 2.50. The van der Waals surface area contributed by atoms with Crippen LogP contribution in [0, 0.1) is 6.92 Å². The van der Waals surface area contributed by atoms with E-state index in [1.807, 2.05) is 44.3 Å². The molecule has 24 heavy (non-hydrogen) atoms. The van der Waals surface area contributed by atoms with E-state index in [9.17, 15) is 0 Å². The predicted octanol–water partition coefficient (Wildman–Crippen LogP) is 3.77. The Morgan fingerprint density at radius 3 is 2.79 bits per heavy atom. The molecule has 1 heterocycles. The molecule has 0 saturated carbocycles. The summed E-state index contributed by atoms with van der Waals surface area (Å²) in [5, 5.41) is 14.8. The van der Waals surface area contributed by atoms with E-state index < -0.39 is 0 Å². The first-order valence-corrected chi connectivity index (χ1v) is 8.69. The van der Waals surface area contributed by atoms with Gasteiger partial charge in [0.2, 0.25) is 0 Å². The largest absolute Gasteiger partial charge is 0.361 e. The summed E-state index contributed by atoms with van der Waals surface area (Å²) >= 11 is 11.8. The van der Waals surface area contributed by atoms with Crippen molar-refractivity contribution < 1.29 is 0 Å². The van der Waals surface area contributed by atoms with E-state index in [-0.39, 0.29) is 0 Å². The highest BCUT2D eigenvalue weighted by atomic mass is 35.5.